The van der Waals surface area contributed by atoms with Gasteiger partial charge in [0, 0.05) is 17.7 Å². The minimum Gasteiger partial charge on any atom is -0.491 e. The molecule has 34 heavy (non-hydrogen) atoms. The molecule has 5 heteroatoms. The molecule has 0 bridgehead atoms. The number of hydrogen-bond acceptors (Lipinski definition) is 4. The Morgan fingerprint density at radius 1 is 0.941 bits per heavy atom. The maximum Gasteiger partial charge on any atom is 0.163 e. The molecule has 4 nitrogen and oxygen atoms in total. The van der Waals surface area contributed by atoms with E-state index < -0.39 is 0 Å². The highest BCUT2D eigenvalue weighted by molar-refractivity contribution is 6.01. The smallest absolute Gasteiger partial charge is 0.163 e. The lowest BCUT2D eigenvalue weighted by Crippen LogP contribution is -2.26. The van der Waals surface area contributed by atoms with E-state index in [-0.39, 0.29) is 29.7 Å². The van der Waals surface area contributed by atoms with Gasteiger partial charge in [-0.05, 0) is 73.2 Å². The predicted octanol–water partition coefficient (Wildman–Crippen LogP) is 6.98. The summed E-state index contributed by atoms with van der Waals surface area (Å²) in [5, 5.41) is 7.15. The molecule has 0 saturated heterocycles. The molecular formula is C29H29FN2O2. The number of carbonyl (C=O) groups excluding carboxylic acids is 1. The van der Waals surface area contributed by atoms with Gasteiger partial charge in [0.1, 0.15) is 11.6 Å². The summed E-state index contributed by atoms with van der Waals surface area (Å²) in [6.45, 7) is 4.15. The summed E-state index contributed by atoms with van der Waals surface area (Å²) in [6, 6.07) is 22.3. The van der Waals surface area contributed by atoms with Crippen molar-refractivity contribution in [1.82, 2.24) is 0 Å². The molecule has 3 aromatic rings. The number of ketones is 1. The zero-order valence-electron chi connectivity index (χ0n) is 19.5. The average Bonchev–Trinajstić information content (AvgIpc) is 3.02. The van der Waals surface area contributed by atoms with Gasteiger partial charge in [-0.1, -0.05) is 43.3 Å². The first-order valence-electron chi connectivity index (χ1n) is 11.9. The fourth-order valence-electron chi connectivity index (χ4n) is 4.77. The third-order valence-corrected chi connectivity index (χ3v) is 6.78. The number of halogens is 1. The summed E-state index contributed by atoms with van der Waals surface area (Å²) in [5.41, 5.74) is 5.58. The lowest BCUT2D eigenvalue weighted by molar-refractivity contribution is -0.116. The molecule has 2 N–H and O–H groups in total. The van der Waals surface area contributed by atoms with Crippen LogP contribution in [0.15, 0.2) is 84.1 Å². The molecule has 1 aliphatic heterocycles. The molecule has 0 amide bonds. The number of ether oxygens (including phenoxy) is 1. The van der Waals surface area contributed by atoms with Crippen molar-refractivity contribution in [2.75, 3.05) is 10.6 Å². The number of allylic oxidation sites excluding steroid dienone is 1. The van der Waals surface area contributed by atoms with Crippen molar-refractivity contribution in [3.63, 3.8) is 0 Å². The van der Waals surface area contributed by atoms with Gasteiger partial charge in [0.2, 0.25) is 0 Å². The predicted molar refractivity (Wildman–Crippen MR) is 134 cm³/mol. The van der Waals surface area contributed by atoms with Crippen molar-refractivity contribution in [1.29, 1.82) is 0 Å². The minimum atomic E-state index is -0.273. The van der Waals surface area contributed by atoms with Gasteiger partial charge in [-0.2, -0.15) is 0 Å². The van der Waals surface area contributed by atoms with E-state index in [0.717, 1.165) is 45.9 Å². The molecule has 1 aliphatic carbocycles. The van der Waals surface area contributed by atoms with Crippen LogP contribution in [0.1, 0.15) is 56.2 Å². The first kappa shape index (κ1) is 22.2. The van der Waals surface area contributed by atoms with Crippen LogP contribution in [0.25, 0.3) is 0 Å². The molecule has 3 aromatic carbocycles. The molecule has 3 unspecified atom stereocenters. The molecule has 0 spiro atoms. The van der Waals surface area contributed by atoms with E-state index in [2.05, 4.69) is 24.5 Å². The first-order valence-corrected chi connectivity index (χ1v) is 11.9. The lowest BCUT2D eigenvalue weighted by atomic mass is 9.78. The summed E-state index contributed by atoms with van der Waals surface area (Å²) in [5.74, 6) is 0.674. The first-order chi connectivity index (χ1) is 16.5. The Bertz CT molecular complexity index is 1220. The SMILES string of the molecule is CCC(C)Oc1ccc(C2Nc3ccccc3NC3=C2C(=O)CC(c2ccc(F)cc2)C3)cc1. The summed E-state index contributed by atoms with van der Waals surface area (Å²) in [6.07, 6.45) is 2.18. The number of carbonyl (C=O) groups is 1. The van der Waals surface area contributed by atoms with Gasteiger partial charge in [0.25, 0.3) is 0 Å². The van der Waals surface area contributed by atoms with Crippen LogP contribution in [0.2, 0.25) is 0 Å². The maximum atomic E-state index is 13.6. The highest BCUT2D eigenvalue weighted by atomic mass is 19.1. The summed E-state index contributed by atoms with van der Waals surface area (Å²) in [4.78, 5) is 13.6. The Kier molecular flexibility index (Phi) is 6.10. The molecule has 0 fully saturated rings. The fraction of sp³-hybridized carbons (Fsp3) is 0.276. The van der Waals surface area contributed by atoms with E-state index >= 15 is 0 Å². The number of rotatable bonds is 5. The molecule has 2 aliphatic rings. The Hall–Kier alpha value is -3.60. The zero-order chi connectivity index (χ0) is 23.7. The van der Waals surface area contributed by atoms with E-state index in [1.165, 1.54) is 12.1 Å². The second-order valence-electron chi connectivity index (χ2n) is 9.13. The Balaban J connectivity index is 1.52. The highest BCUT2D eigenvalue weighted by Crippen LogP contribution is 2.44. The number of fused-ring (bicyclic) bond motifs is 1. The van der Waals surface area contributed by atoms with Crippen molar-refractivity contribution in [3.8, 4) is 5.75 Å². The largest absolute Gasteiger partial charge is 0.491 e. The number of hydrogen-bond donors (Lipinski definition) is 2. The normalized spacial score (nSPS) is 20.4. The van der Waals surface area contributed by atoms with Crippen LogP contribution in [0.3, 0.4) is 0 Å². The Labute approximate surface area is 199 Å². The topological polar surface area (TPSA) is 50.4 Å². The van der Waals surface area contributed by atoms with E-state index in [9.17, 15) is 9.18 Å². The van der Waals surface area contributed by atoms with Crippen molar-refractivity contribution in [3.05, 3.63) is 101 Å². The van der Waals surface area contributed by atoms with Crippen LogP contribution in [0, 0.1) is 5.82 Å². The van der Waals surface area contributed by atoms with Crippen LogP contribution < -0.4 is 15.4 Å². The van der Waals surface area contributed by atoms with Gasteiger partial charge in [0.05, 0.1) is 23.5 Å². The van der Waals surface area contributed by atoms with E-state index in [4.69, 9.17) is 4.74 Å². The minimum absolute atomic E-state index is 0.0107. The monoisotopic (exact) mass is 456 g/mol. The second kappa shape index (κ2) is 9.34. The molecule has 174 valence electrons. The summed E-state index contributed by atoms with van der Waals surface area (Å²) in [7, 11) is 0. The van der Waals surface area contributed by atoms with Gasteiger partial charge in [-0.15, -0.1) is 0 Å². The number of anilines is 2. The number of nitrogens with one attached hydrogen (secondary N) is 2. The molecule has 5 rings (SSSR count). The van der Waals surface area contributed by atoms with Crippen molar-refractivity contribution in [2.24, 2.45) is 0 Å². The number of benzene rings is 3. The maximum absolute atomic E-state index is 13.6. The summed E-state index contributed by atoms with van der Waals surface area (Å²) >= 11 is 0. The Morgan fingerprint density at radius 3 is 2.32 bits per heavy atom. The standard InChI is InChI=1S/C29H29FN2O2/c1-3-18(2)34-23-14-10-20(11-15-23)29-28-26(31-24-6-4-5-7-25(24)32-29)16-21(17-27(28)33)19-8-12-22(30)13-9-19/h4-15,18,21,29,31-32H,3,16-17H2,1-2H3. The van der Waals surface area contributed by atoms with Crippen LogP contribution in [-0.4, -0.2) is 11.9 Å². The van der Waals surface area contributed by atoms with Crippen LogP contribution >= 0.6 is 0 Å². The van der Waals surface area contributed by atoms with Crippen molar-refractivity contribution in [2.45, 2.75) is 51.2 Å². The van der Waals surface area contributed by atoms with Gasteiger partial charge in [-0.3, -0.25) is 4.79 Å². The third kappa shape index (κ3) is 4.43. The van der Waals surface area contributed by atoms with Crippen LogP contribution in [0.5, 0.6) is 5.75 Å². The average molecular weight is 457 g/mol. The number of para-hydroxylation sites is 2. The summed E-state index contributed by atoms with van der Waals surface area (Å²) < 4.78 is 19.4. The molecule has 0 saturated carbocycles. The van der Waals surface area contributed by atoms with Gasteiger partial charge >= 0.3 is 0 Å². The second-order valence-corrected chi connectivity index (χ2v) is 9.13. The van der Waals surface area contributed by atoms with Gasteiger partial charge in [-0.25, -0.2) is 4.39 Å². The molecule has 0 aromatic heterocycles. The van der Waals surface area contributed by atoms with Crippen molar-refractivity contribution < 1.29 is 13.9 Å². The van der Waals surface area contributed by atoms with Crippen molar-refractivity contribution >= 4 is 17.2 Å². The van der Waals surface area contributed by atoms with Crippen LogP contribution in [-0.2, 0) is 4.79 Å². The molecule has 3 atom stereocenters. The zero-order valence-corrected chi connectivity index (χ0v) is 19.5. The number of Topliss-reactive ketones (excluding diaryl/α,β-unsaturated/α-hetero) is 1. The Morgan fingerprint density at radius 2 is 1.62 bits per heavy atom. The molecule has 0 radical (unpaired) electrons. The fourth-order valence-corrected chi connectivity index (χ4v) is 4.77. The molecular weight excluding hydrogens is 427 g/mol. The van der Waals surface area contributed by atoms with E-state index in [1.807, 2.05) is 48.5 Å². The van der Waals surface area contributed by atoms with Crippen LogP contribution in [0.4, 0.5) is 15.8 Å². The van der Waals surface area contributed by atoms with Gasteiger partial charge < -0.3 is 15.4 Å². The van der Waals surface area contributed by atoms with E-state index in [1.54, 1.807) is 12.1 Å². The highest BCUT2D eigenvalue weighted by Gasteiger charge is 2.36. The third-order valence-electron chi connectivity index (χ3n) is 6.78. The van der Waals surface area contributed by atoms with E-state index in [0.29, 0.717) is 12.8 Å². The van der Waals surface area contributed by atoms with Gasteiger partial charge in [0.15, 0.2) is 5.78 Å². The molecule has 1 heterocycles. The lowest BCUT2D eigenvalue weighted by Gasteiger charge is -2.30. The quantitative estimate of drug-likeness (QED) is 0.435.